The molecule has 0 amide bonds. The molecule has 0 unspecified atom stereocenters. The van der Waals surface area contributed by atoms with Crippen LogP contribution < -0.4 is 21.3 Å². The average Bonchev–Trinajstić information content (AvgIpc) is 3.43. The van der Waals surface area contributed by atoms with Gasteiger partial charge in [-0.3, -0.25) is 4.79 Å². The molecule has 0 spiro atoms. The summed E-state index contributed by atoms with van der Waals surface area (Å²) < 4.78 is 5.95. The van der Waals surface area contributed by atoms with Crippen molar-refractivity contribution in [2.45, 2.75) is 19.8 Å². The lowest BCUT2D eigenvalue weighted by atomic mass is 9.94. The Morgan fingerprint density at radius 3 is 2.47 bits per heavy atom. The van der Waals surface area contributed by atoms with Crippen molar-refractivity contribution in [3.8, 4) is 28.8 Å². The molecular formula is C26H20N6O3S. The Bertz CT molecular complexity index is 1660. The summed E-state index contributed by atoms with van der Waals surface area (Å²) in [7, 11) is 0. The van der Waals surface area contributed by atoms with Crippen LogP contribution in [0, 0.1) is 11.3 Å². The lowest BCUT2D eigenvalue weighted by Gasteiger charge is -2.11. The molecule has 0 saturated carbocycles. The maximum absolute atomic E-state index is 13.6. The summed E-state index contributed by atoms with van der Waals surface area (Å²) in [5, 5.41) is 26.5. The highest BCUT2D eigenvalue weighted by atomic mass is 32.1. The summed E-state index contributed by atoms with van der Waals surface area (Å²) in [6.45, 7) is 4.17. The highest BCUT2D eigenvalue weighted by molar-refractivity contribution is 7.21. The molecule has 0 fully saturated rings. The van der Waals surface area contributed by atoms with Gasteiger partial charge in [-0.1, -0.05) is 56.3 Å². The molecular weight excluding hydrogens is 476 g/mol. The van der Waals surface area contributed by atoms with Crippen LogP contribution in [0.3, 0.4) is 0 Å². The Kier molecular flexibility index (Phi) is 5.62. The second-order valence-electron chi connectivity index (χ2n) is 8.45. The van der Waals surface area contributed by atoms with E-state index in [0.717, 1.165) is 21.6 Å². The molecule has 36 heavy (non-hydrogen) atoms. The number of fused-ring (bicyclic) bond motifs is 1. The van der Waals surface area contributed by atoms with Gasteiger partial charge in [0, 0.05) is 23.1 Å². The summed E-state index contributed by atoms with van der Waals surface area (Å²) in [5.41, 5.74) is 15.4. The smallest absolute Gasteiger partial charge is 0.312 e. The average molecular weight is 497 g/mol. The molecule has 0 aliphatic heterocycles. The summed E-state index contributed by atoms with van der Waals surface area (Å²) in [4.78, 5) is 18.4. The van der Waals surface area contributed by atoms with Crippen molar-refractivity contribution < 1.29 is 19.1 Å². The number of carbonyl (C=O) groups excluding carboxylic acids is 1. The van der Waals surface area contributed by atoms with Gasteiger partial charge in [0.1, 0.15) is 27.2 Å². The van der Waals surface area contributed by atoms with Crippen molar-refractivity contribution in [3.05, 3.63) is 76.3 Å². The molecule has 9 nitrogen and oxygen atoms in total. The molecule has 5 aromatic rings. The molecule has 0 bridgehead atoms. The number of aromatic nitrogens is 3. The summed E-state index contributed by atoms with van der Waals surface area (Å²) in [5.74, 6) is -1.20. The number of nitriles is 1. The maximum atomic E-state index is 13.6. The highest BCUT2D eigenvalue weighted by Gasteiger charge is 2.33. The number of benzene rings is 2. The van der Waals surface area contributed by atoms with E-state index in [0.29, 0.717) is 32.9 Å². The van der Waals surface area contributed by atoms with Crippen LogP contribution >= 0.6 is 11.3 Å². The molecule has 4 N–H and O–H groups in total. The number of nitrogen functional groups attached to an aromatic ring is 2. The third kappa shape index (κ3) is 3.62. The molecule has 10 heteroatoms. The van der Waals surface area contributed by atoms with Gasteiger partial charge in [-0.2, -0.15) is 5.26 Å². The van der Waals surface area contributed by atoms with Gasteiger partial charge in [0.05, 0.1) is 11.0 Å². The van der Waals surface area contributed by atoms with Gasteiger partial charge in [0.2, 0.25) is 5.69 Å². The van der Waals surface area contributed by atoms with E-state index < -0.39 is 11.7 Å². The van der Waals surface area contributed by atoms with Gasteiger partial charge >= 0.3 is 5.69 Å². The first-order chi connectivity index (χ1) is 17.3. The van der Waals surface area contributed by atoms with E-state index in [-0.39, 0.29) is 27.6 Å². The third-order valence-electron chi connectivity index (χ3n) is 5.92. The largest absolute Gasteiger partial charge is 0.539 e. The van der Waals surface area contributed by atoms with Crippen LogP contribution in [0.15, 0.2) is 59.1 Å². The van der Waals surface area contributed by atoms with E-state index in [2.05, 4.69) is 30.2 Å². The van der Waals surface area contributed by atoms with Crippen molar-refractivity contribution in [2.24, 2.45) is 0 Å². The zero-order valence-corrected chi connectivity index (χ0v) is 20.2. The summed E-state index contributed by atoms with van der Waals surface area (Å²) in [6, 6.07) is 18.5. The first-order valence-corrected chi connectivity index (χ1v) is 11.8. The number of hydrogen-bond donors (Lipinski definition) is 2. The first kappa shape index (κ1) is 23.0. The molecule has 5 rings (SSSR count). The fraction of sp³-hybridized carbons (Fsp3) is 0.115. The van der Waals surface area contributed by atoms with Crippen LogP contribution in [0.1, 0.15) is 46.3 Å². The first-order valence-electron chi connectivity index (χ1n) is 11.0. The fourth-order valence-corrected chi connectivity index (χ4v) is 5.12. The normalized spacial score (nSPS) is 11.2. The molecule has 0 aliphatic rings. The number of para-hydroxylation sites is 1. The van der Waals surface area contributed by atoms with Crippen molar-refractivity contribution in [2.75, 3.05) is 11.5 Å². The SMILES string of the molecule is CC(C)c1ccc(-c2c(C#N)c(N)nc3sc(C(=O)c4c([O-])on[n+]4-c4ccccc4)c(N)c23)cc1. The topological polar surface area (TPSA) is 159 Å². The maximum Gasteiger partial charge on any atom is 0.312 e. The number of carbonyl (C=O) groups is 1. The summed E-state index contributed by atoms with van der Waals surface area (Å²) >= 11 is 0.996. The number of hydrogen-bond acceptors (Lipinski definition) is 9. The van der Waals surface area contributed by atoms with Crippen LogP contribution in [-0.4, -0.2) is 16.0 Å². The number of nitrogens with zero attached hydrogens (tertiary/aromatic N) is 4. The van der Waals surface area contributed by atoms with Gasteiger partial charge in [0.15, 0.2) is 5.95 Å². The van der Waals surface area contributed by atoms with Crippen LogP contribution in [0.2, 0.25) is 0 Å². The van der Waals surface area contributed by atoms with Gasteiger partial charge < -0.3 is 21.1 Å². The summed E-state index contributed by atoms with van der Waals surface area (Å²) in [6.07, 6.45) is 0. The number of nitrogens with two attached hydrogens (primary N) is 2. The Morgan fingerprint density at radius 2 is 1.83 bits per heavy atom. The van der Waals surface area contributed by atoms with Crippen molar-refractivity contribution in [3.63, 3.8) is 0 Å². The lowest BCUT2D eigenvalue weighted by molar-refractivity contribution is -0.672. The Labute approximate surface area is 209 Å². The molecule has 178 valence electrons. The Hall–Kier alpha value is -4.75. The van der Waals surface area contributed by atoms with Crippen LogP contribution in [0.4, 0.5) is 11.5 Å². The second kappa shape index (κ2) is 8.79. The van der Waals surface area contributed by atoms with E-state index >= 15 is 0 Å². The van der Waals surface area contributed by atoms with E-state index in [4.69, 9.17) is 16.0 Å². The van der Waals surface area contributed by atoms with Gasteiger partial charge in [0.25, 0.3) is 5.78 Å². The number of anilines is 2. The molecule has 3 heterocycles. The minimum absolute atomic E-state index is 0.0297. The Morgan fingerprint density at radius 1 is 1.14 bits per heavy atom. The zero-order chi connectivity index (χ0) is 25.6. The minimum Gasteiger partial charge on any atom is -0.539 e. The predicted molar refractivity (Wildman–Crippen MR) is 134 cm³/mol. The van der Waals surface area contributed by atoms with Crippen molar-refractivity contribution in [1.29, 1.82) is 5.26 Å². The van der Waals surface area contributed by atoms with Gasteiger partial charge in [-0.05, 0) is 21.7 Å². The molecule has 0 saturated heterocycles. The van der Waals surface area contributed by atoms with E-state index in [1.54, 1.807) is 30.3 Å². The van der Waals surface area contributed by atoms with Crippen LogP contribution in [-0.2, 0) is 0 Å². The van der Waals surface area contributed by atoms with Gasteiger partial charge in [-0.25, -0.2) is 4.98 Å². The van der Waals surface area contributed by atoms with Crippen molar-refractivity contribution >= 4 is 38.8 Å². The van der Waals surface area contributed by atoms with Crippen LogP contribution in [0.5, 0.6) is 5.95 Å². The quantitative estimate of drug-likeness (QED) is 0.275. The number of ketones is 1. The highest BCUT2D eigenvalue weighted by Crippen LogP contribution is 2.43. The van der Waals surface area contributed by atoms with E-state index in [1.165, 1.54) is 0 Å². The molecule has 2 aromatic carbocycles. The van der Waals surface area contributed by atoms with Crippen molar-refractivity contribution in [1.82, 2.24) is 10.3 Å². The predicted octanol–water partition coefficient (Wildman–Crippen LogP) is 3.69. The number of thiophene rings is 1. The monoisotopic (exact) mass is 496 g/mol. The van der Waals surface area contributed by atoms with E-state index in [9.17, 15) is 15.2 Å². The molecule has 0 radical (unpaired) electrons. The Balaban J connectivity index is 1.73. The lowest BCUT2D eigenvalue weighted by Crippen LogP contribution is -2.39. The van der Waals surface area contributed by atoms with Crippen LogP contribution in [0.25, 0.3) is 27.0 Å². The van der Waals surface area contributed by atoms with E-state index in [1.807, 2.05) is 24.3 Å². The molecule has 0 aliphatic carbocycles. The molecule has 3 aromatic heterocycles. The number of rotatable bonds is 5. The zero-order valence-electron chi connectivity index (χ0n) is 19.4. The van der Waals surface area contributed by atoms with Gasteiger partial charge in [-0.15, -0.1) is 11.3 Å². The minimum atomic E-state index is -0.893. The standard InChI is InChI=1S/C26H20N6O3S/c1-13(2)14-8-10-15(11-9-14)18-17(12-27)24(29)30-25-19(18)20(28)23(36-25)22(33)21-26(34)35-31-32(21)16-6-4-3-5-7-16/h3-11,13H,1-2H3,(H4-,28,29,30,31,33,34). The fourth-order valence-electron chi connectivity index (χ4n) is 4.07. The number of pyridine rings is 1. The molecule has 0 atom stereocenters. The second-order valence-corrected chi connectivity index (χ2v) is 9.45. The third-order valence-corrected chi connectivity index (χ3v) is 7.01.